The SMILES string of the molecule is N#CC1=C(C#N)C2N=C3C=CC=CN3C2(C#N)C(c2ccccc2)C1c1ccccc1. The molecule has 4 atom stereocenters. The second-order valence-corrected chi connectivity index (χ2v) is 7.73. The van der Waals surface area contributed by atoms with Crippen molar-refractivity contribution in [1.29, 1.82) is 15.8 Å². The van der Waals surface area contributed by atoms with Crippen molar-refractivity contribution < 1.29 is 0 Å². The monoisotopic (exact) mass is 399 g/mol. The van der Waals surface area contributed by atoms with Gasteiger partial charge in [0.15, 0.2) is 5.54 Å². The molecule has 0 saturated carbocycles. The fraction of sp³-hybridized carbons (Fsp3) is 0.154. The first kappa shape index (κ1) is 18.6. The summed E-state index contributed by atoms with van der Waals surface area (Å²) < 4.78 is 0. The quantitative estimate of drug-likeness (QED) is 0.752. The fourth-order valence-corrected chi connectivity index (χ4v) is 5.12. The number of rotatable bonds is 2. The molecule has 0 radical (unpaired) electrons. The number of amidine groups is 1. The second-order valence-electron chi connectivity index (χ2n) is 7.73. The van der Waals surface area contributed by atoms with Crippen LogP contribution in [0.3, 0.4) is 0 Å². The maximum atomic E-state index is 10.7. The van der Waals surface area contributed by atoms with Crippen LogP contribution >= 0.6 is 0 Å². The third-order valence-electron chi connectivity index (χ3n) is 6.33. The summed E-state index contributed by atoms with van der Waals surface area (Å²) in [6.07, 6.45) is 7.44. The average molecular weight is 399 g/mol. The molecule has 0 spiro atoms. The van der Waals surface area contributed by atoms with E-state index in [0.717, 1.165) is 11.1 Å². The second kappa shape index (κ2) is 7.13. The van der Waals surface area contributed by atoms with Gasteiger partial charge in [0, 0.05) is 18.0 Å². The molecule has 0 amide bonds. The Balaban J connectivity index is 1.88. The Hall–Kier alpha value is -4.40. The maximum absolute atomic E-state index is 10.7. The highest BCUT2D eigenvalue weighted by molar-refractivity contribution is 5.99. The summed E-state index contributed by atoms with van der Waals surface area (Å²) in [5, 5.41) is 31.0. The van der Waals surface area contributed by atoms with Crippen LogP contribution in [0.15, 0.2) is 101 Å². The molecule has 5 nitrogen and oxygen atoms in total. The molecular formula is C26H17N5. The van der Waals surface area contributed by atoms with Crippen LogP contribution in [0.25, 0.3) is 0 Å². The van der Waals surface area contributed by atoms with Gasteiger partial charge >= 0.3 is 0 Å². The van der Waals surface area contributed by atoms with Gasteiger partial charge in [-0.05, 0) is 23.3 Å². The summed E-state index contributed by atoms with van der Waals surface area (Å²) in [5.74, 6) is -0.225. The van der Waals surface area contributed by atoms with Crippen molar-refractivity contribution in [3.63, 3.8) is 0 Å². The largest absolute Gasteiger partial charge is 0.311 e. The molecule has 2 aliphatic heterocycles. The van der Waals surface area contributed by atoms with Crippen LogP contribution in [-0.4, -0.2) is 22.3 Å². The summed E-state index contributed by atoms with van der Waals surface area (Å²) in [6, 6.07) is 25.8. The lowest BCUT2D eigenvalue weighted by Crippen LogP contribution is -2.58. The molecule has 4 unspecified atom stereocenters. The topological polar surface area (TPSA) is 87.0 Å². The van der Waals surface area contributed by atoms with Gasteiger partial charge in [-0.15, -0.1) is 0 Å². The normalized spacial score (nSPS) is 28.1. The number of fused-ring (bicyclic) bond motifs is 3. The molecule has 3 aliphatic rings. The smallest absolute Gasteiger partial charge is 0.168 e. The van der Waals surface area contributed by atoms with Crippen LogP contribution in [0.5, 0.6) is 0 Å². The molecule has 1 aliphatic carbocycles. The lowest BCUT2D eigenvalue weighted by Gasteiger charge is -2.48. The van der Waals surface area contributed by atoms with Gasteiger partial charge in [-0.3, -0.25) is 4.99 Å². The minimum atomic E-state index is -1.16. The highest BCUT2D eigenvalue weighted by Crippen LogP contribution is 2.57. The predicted octanol–water partition coefficient (Wildman–Crippen LogP) is 4.34. The van der Waals surface area contributed by atoms with Gasteiger partial charge in [0.25, 0.3) is 0 Å². The molecule has 0 saturated heterocycles. The van der Waals surface area contributed by atoms with Gasteiger partial charge in [0.2, 0.25) is 0 Å². The highest BCUT2D eigenvalue weighted by atomic mass is 15.3. The number of allylic oxidation sites excluding steroid dienone is 3. The van der Waals surface area contributed by atoms with E-state index in [1.54, 1.807) is 0 Å². The van der Waals surface area contributed by atoms with Crippen LogP contribution in [0, 0.1) is 34.0 Å². The van der Waals surface area contributed by atoms with E-state index >= 15 is 0 Å². The zero-order chi connectivity index (χ0) is 21.4. The number of hydrogen-bond donors (Lipinski definition) is 0. The van der Waals surface area contributed by atoms with E-state index in [0.29, 0.717) is 11.4 Å². The molecule has 2 aromatic carbocycles. The molecule has 0 aromatic heterocycles. The van der Waals surface area contributed by atoms with Crippen LogP contribution < -0.4 is 0 Å². The van der Waals surface area contributed by atoms with Gasteiger partial charge in [-0.1, -0.05) is 66.7 Å². The lowest BCUT2D eigenvalue weighted by molar-refractivity contribution is 0.224. The summed E-state index contributed by atoms with van der Waals surface area (Å²) >= 11 is 0. The van der Waals surface area contributed by atoms with Gasteiger partial charge in [-0.2, -0.15) is 15.8 Å². The van der Waals surface area contributed by atoms with Crippen molar-refractivity contribution in [2.24, 2.45) is 4.99 Å². The maximum Gasteiger partial charge on any atom is 0.168 e. The Morgan fingerprint density at radius 1 is 0.806 bits per heavy atom. The van der Waals surface area contributed by atoms with E-state index in [9.17, 15) is 15.8 Å². The van der Waals surface area contributed by atoms with E-state index in [4.69, 9.17) is 4.99 Å². The molecule has 5 rings (SSSR count). The number of benzene rings is 2. The Bertz CT molecular complexity index is 1280. The Morgan fingerprint density at radius 3 is 2.06 bits per heavy atom. The highest BCUT2D eigenvalue weighted by Gasteiger charge is 2.63. The van der Waals surface area contributed by atoms with Crippen molar-refractivity contribution >= 4 is 5.84 Å². The van der Waals surface area contributed by atoms with Crippen LogP contribution in [0.1, 0.15) is 23.0 Å². The molecule has 2 heterocycles. The van der Waals surface area contributed by atoms with Crippen molar-refractivity contribution in [3.8, 4) is 18.2 Å². The molecule has 0 N–H and O–H groups in total. The molecule has 2 aromatic rings. The fourth-order valence-electron chi connectivity index (χ4n) is 5.12. The summed E-state index contributed by atoms with van der Waals surface area (Å²) in [4.78, 5) is 6.67. The first-order valence-electron chi connectivity index (χ1n) is 10.0. The van der Waals surface area contributed by atoms with Gasteiger partial charge in [0.1, 0.15) is 11.9 Å². The number of nitriles is 3. The van der Waals surface area contributed by atoms with E-state index in [1.165, 1.54) is 0 Å². The Morgan fingerprint density at radius 2 is 1.45 bits per heavy atom. The van der Waals surface area contributed by atoms with E-state index in [-0.39, 0.29) is 5.57 Å². The van der Waals surface area contributed by atoms with Crippen molar-refractivity contribution in [3.05, 3.63) is 107 Å². The molecule has 146 valence electrons. The lowest BCUT2D eigenvalue weighted by atomic mass is 9.58. The van der Waals surface area contributed by atoms with E-state index in [2.05, 4.69) is 18.2 Å². The zero-order valence-corrected chi connectivity index (χ0v) is 16.6. The summed E-state index contributed by atoms with van der Waals surface area (Å²) in [5.41, 5.74) is 1.33. The third-order valence-corrected chi connectivity index (χ3v) is 6.33. The minimum Gasteiger partial charge on any atom is -0.311 e. The van der Waals surface area contributed by atoms with Crippen molar-refractivity contribution in [2.75, 3.05) is 0 Å². The number of aliphatic imine (C=N–C) groups is 1. The minimum absolute atomic E-state index is 0.272. The number of hydrogen-bond acceptors (Lipinski definition) is 5. The van der Waals surface area contributed by atoms with Gasteiger partial charge in [-0.25, -0.2) is 0 Å². The van der Waals surface area contributed by atoms with Crippen molar-refractivity contribution in [2.45, 2.75) is 23.4 Å². The first-order chi connectivity index (χ1) is 15.3. The number of nitrogens with zero attached hydrogens (tertiary/aromatic N) is 5. The van der Waals surface area contributed by atoms with Crippen LogP contribution in [0.2, 0.25) is 0 Å². The molecule has 31 heavy (non-hydrogen) atoms. The van der Waals surface area contributed by atoms with Crippen LogP contribution in [0.4, 0.5) is 0 Å². The predicted molar refractivity (Wildman–Crippen MR) is 116 cm³/mol. The van der Waals surface area contributed by atoms with Gasteiger partial charge in [0.05, 0.1) is 29.4 Å². The summed E-state index contributed by atoms with van der Waals surface area (Å²) in [7, 11) is 0. The van der Waals surface area contributed by atoms with Crippen molar-refractivity contribution in [1.82, 2.24) is 4.90 Å². The molecular weight excluding hydrogens is 382 g/mol. The Kier molecular flexibility index (Phi) is 4.28. The average Bonchev–Trinajstić information content (AvgIpc) is 3.18. The first-order valence-corrected chi connectivity index (χ1v) is 10.0. The van der Waals surface area contributed by atoms with E-state index < -0.39 is 23.4 Å². The Labute approximate surface area is 180 Å². The summed E-state index contributed by atoms with van der Waals surface area (Å²) in [6.45, 7) is 0. The third kappa shape index (κ3) is 2.49. The molecule has 0 fully saturated rings. The zero-order valence-electron chi connectivity index (χ0n) is 16.6. The molecule has 0 bridgehead atoms. The van der Waals surface area contributed by atoms with E-state index in [1.807, 2.05) is 90.0 Å². The standard InChI is InChI=1S/C26H17N5/c27-15-20-21(16-28)25-26(17-29,31-14-8-7-13-22(31)30-25)24(19-11-5-2-6-12-19)23(20)18-9-3-1-4-10-18/h1-14,23-25H. The molecule has 5 heteroatoms. The van der Waals surface area contributed by atoms with Crippen LogP contribution in [-0.2, 0) is 0 Å². The van der Waals surface area contributed by atoms with Gasteiger partial charge < -0.3 is 4.90 Å².